The van der Waals surface area contributed by atoms with Gasteiger partial charge in [0, 0.05) is 12.8 Å². The Morgan fingerprint density at radius 3 is 2.41 bits per heavy atom. The minimum absolute atomic E-state index is 0.115. The summed E-state index contributed by atoms with van der Waals surface area (Å²) in [4.78, 5) is 6.80. The molecule has 2 N–H and O–H groups in total. The smallest absolute Gasteiger partial charge is 0.103 e. The van der Waals surface area contributed by atoms with Crippen molar-refractivity contribution in [1.29, 1.82) is 0 Å². The molecule has 0 radical (unpaired) electrons. The number of unbranched alkanes of at least 4 members (excludes halogenated alkanes) is 8. The van der Waals surface area contributed by atoms with Crippen LogP contribution in [0.2, 0.25) is 0 Å². The maximum absolute atomic E-state index is 5.96. The summed E-state index contributed by atoms with van der Waals surface area (Å²) in [6.45, 7) is 5.24. The van der Waals surface area contributed by atoms with E-state index in [1.54, 1.807) is 0 Å². The number of hydrogen-bond acceptors (Lipinski definition) is 3. The van der Waals surface area contributed by atoms with E-state index in [0.29, 0.717) is 6.17 Å². The summed E-state index contributed by atoms with van der Waals surface area (Å²) in [6, 6.07) is 0. The lowest BCUT2D eigenvalue weighted by molar-refractivity contribution is 0.182. The second-order valence-electron chi connectivity index (χ2n) is 6.56. The average Bonchev–Trinajstić information content (AvgIpc) is 2.97. The molecule has 1 aliphatic rings. The Balaban J connectivity index is 1.90. The standard InChI is InChI=1S/C19H37N3/c1-3-4-5-6-7-8-9-10-11-12-13-14-15-19-21-16-17-22(19)18(2)20/h10-11,16,18-19H,3-9,12-15,17,20H2,1-2H3/b11-10+. The van der Waals surface area contributed by atoms with E-state index in [1.165, 1.54) is 64.2 Å². The Kier molecular flexibility index (Phi) is 11.3. The molecule has 1 aliphatic heterocycles. The first-order valence-corrected chi connectivity index (χ1v) is 9.43. The van der Waals surface area contributed by atoms with E-state index >= 15 is 0 Å². The monoisotopic (exact) mass is 307 g/mol. The molecule has 0 amide bonds. The zero-order valence-corrected chi connectivity index (χ0v) is 14.8. The highest BCUT2D eigenvalue weighted by atomic mass is 15.3. The van der Waals surface area contributed by atoms with Crippen LogP contribution in [0.15, 0.2) is 17.1 Å². The van der Waals surface area contributed by atoms with Crippen LogP contribution in [0.5, 0.6) is 0 Å². The van der Waals surface area contributed by atoms with Crippen LogP contribution in [0.3, 0.4) is 0 Å². The quantitative estimate of drug-likeness (QED) is 0.389. The van der Waals surface area contributed by atoms with Gasteiger partial charge < -0.3 is 5.73 Å². The van der Waals surface area contributed by atoms with Crippen LogP contribution in [-0.2, 0) is 0 Å². The molecule has 22 heavy (non-hydrogen) atoms. The lowest BCUT2D eigenvalue weighted by atomic mass is 10.1. The molecule has 0 aromatic rings. The van der Waals surface area contributed by atoms with E-state index in [9.17, 15) is 0 Å². The van der Waals surface area contributed by atoms with Crippen LogP contribution in [0.25, 0.3) is 0 Å². The molecular formula is C19H37N3. The van der Waals surface area contributed by atoms with Crippen molar-refractivity contribution in [3.05, 3.63) is 12.2 Å². The highest BCUT2D eigenvalue weighted by Gasteiger charge is 2.22. The van der Waals surface area contributed by atoms with Crippen molar-refractivity contribution >= 4 is 6.21 Å². The Morgan fingerprint density at radius 1 is 1.09 bits per heavy atom. The van der Waals surface area contributed by atoms with Gasteiger partial charge in [-0.15, -0.1) is 0 Å². The van der Waals surface area contributed by atoms with Crippen LogP contribution in [0, 0.1) is 0 Å². The van der Waals surface area contributed by atoms with Crippen molar-refractivity contribution in [3.63, 3.8) is 0 Å². The van der Waals surface area contributed by atoms with E-state index in [1.807, 2.05) is 13.1 Å². The summed E-state index contributed by atoms with van der Waals surface area (Å²) in [7, 11) is 0. The Labute approximate surface area is 138 Å². The third kappa shape index (κ3) is 8.70. The zero-order valence-electron chi connectivity index (χ0n) is 14.8. The Bertz CT molecular complexity index is 310. The van der Waals surface area contributed by atoms with Crippen molar-refractivity contribution in [2.24, 2.45) is 10.7 Å². The lowest BCUT2D eigenvalue weighted by Gasteiger charge is -2.26. The first kappa shape index (κ1) is 19.4. The largest absolute Gasteiger partial charge is 0.316 e. The van der Waals surface area contributed by atoms with Gasteiger partial charge in [-0.25, -0.2) is 0 Å². The molecule has 0 saturated carbocycles. The van der Waals surface area contributed by atoms with Gasteiger partial charge in [0.1, 0.15) is 6.17 Å². The van der Waals surface area contributed by atoms with E-state index in [0.717, 1.165) is 13.0 Å². The lowest BCUT2D eigenvalue weighted by Crippen LogP contribution is -2.43. The first-order valence-electron chi connectivity index (χ1n) is 9.43. The van der Waals surface area contributed by atoms with Gasteiger partial charge in [0.15, 0.2) is 0 Å². The van der Waals surface area contributed by atoms with Gasteiger partial charge in [0.2, 0.25) is 0 Å². The number of rotatable bonds is 13. The maximum Gasteiger partial charge on any atom is 0.103 e. The minimum Gasteiger partial charge on any atom is -0.316 e. The topological polar surface area (TPSA) is 41.6 Å². The van der Waals surface area contributed by atoms with Crippen LogP contribution in [0.1, 0.15) is 84.5 Å². The first-order chi connectivity index (χ1) is 10.8. The summed E-state index contributed by atoms with van der Waals surface area (Å²) >= 11 is 0. The summed E-state index contributed by atoms with van der Waals surface area (Å²) in [5.41, 5.74) is 5.96. The molecule has 0 bridgehead atoms. The zero-order chi connectivity index (χ0) is 16.0. The molecule has 0 saturated heterocycles. The highest BCUT2D eigenvalue weighted by molar-refractivity contribution is 5.62. The number of nitrogens with zero attached hydrogens (tertiary/aromatic N) is 2. The third-order valence-corrected chi connectivity index (χ3v) is 4.45. The second-order valence-corrected chi connectivity index (χ2v) is 6.56. The summed E-state index contributed by atoms with van der Waals surface area (Å²) < 4.78 is 0. The molecule has 1 heterocycles. The number of hydrogen-bond donors (Lipinski definition) is 1. The van der Waals surface area contributed by atoms with Gasteiger partial charge in [-0.1, -0.05) is 51.2 Å². The van der Waals surface area contributed by atoms with Crippen LogP contribution >= 0.6 is 0 Å². The maximum atomic E-state index is 5.96. The molecule has 0 aliphatic carbocycles. The molecule has 3 heteroatoms. The molecular weight excluding hydrogens is 270 g/mol. The van der Waals surface area contributed by atoms with Crippen LogP contribution in [-0.4, -0.2) is 30.0 Å². The van der Waals surface area contributed by atoms with Crippen LogP contribution in [0.4, 0.5) is 0 Å². The number of allylic oxidation sites excluding steroid dienone is 2. The molecule has 2 unspecified atom stereocenters. The Morgan fingerprint density at radius 2 is 1.73 bits per heavy atom. The molecule has 1 rings (SSSR count). The second kappa shape index (κ2) is 12.8. The van der Waals surface area contributed by atoms with Crippen molar-refractivity contribution in [3.8, 4) is 0 Å². The van der Waals surface area contributed by atoms with Gasteiger partial charge in [-0.2, -0.15) is 0 Å². The summed E-state index contributed by atoms with van der Waals surface area (Å²) in [6.07, 6.45) is 21.7. The van der Waals surface area contributed by atoms with Crippen molar-refractivity contribution < 1.29 is 0 Å². The molecule has 0 spiro atoms. The summed E-state index contributed by atoms with van der Waals surface area (Å²) in [5, 5.41) is 0. The van der Waals surface area contributed by atoms with Gasteiger partial charge in [-0.3, -0.25) is 9.89 Å². The fourth-order valence-corrected chi connectivity index (χ4v) is 3.02. The summed E-state index contributed by atoms with van der Waals surface area (Å²) in [5.74, 6) is 0. The van der Waals surface area contributed by atoms with Gasteiger partial charge in [0.25, 0.3) is 0 Å². The predicted octanol–water partition coefficient (Wildman–Crippen LogP) is 4.87. The fraction of sp³-hybridized carbons (Fsp3) is 0.842. The molecule has 2 atom stereocenters. The van der Waals surface area contributed by atoms with Crippen molar-refractivity contribution in [2.75, 3.05) is 6.54 Å². The van der Waals surface area contributed by atoms with E-state index in [-0.39, 0.29) is 6.17 Å². The predicted molar refractivity (Wildman–Crippen MR) is 98.2 cm³/mol. The molecule has 128 valence electrons. The molecule has 3 nitrogen and oxygen atoms in total. The third-order valence-electron chi connectivity index (χ3n) is 4.45. The number of nitrogens with two attached hydrogens (primary N) is 1. The van der Waals surface area contributed by atoms with Gasteiger partial charge >= 0.3 is 0 Å². The Hall–Kier alpha value is -0.670. The molecule has 0 aromatic heterocycles. The van der Waals surface area contributed by atoms with Crippen LogP contribution < -0.4 is 5.73 Å². The van der Waals surface area contributed by atoms with E-state index in [2.05, 4.69) is 29.0 Å². The van der Waals surface area contributed by atoms with E-state index in [4.69, 9.17) is 5.73 Å². The van der Waals surface area contributed by atoms with Crippen molar-refractivity contribution in [1.82, 2.24) is 4.90 Å². The van der Waals surface area contributed by atoms with Gasteiger partial charge in [0.05, 0.1) is 6.17 Å². The van der Waals surface area contributed by atoms with Crippen molar-refractivity contribution in [2.45, 2.75) is 96.8 Å². The van der Waals surface area contributed by atoms with Gasteiger partial charge in [-0.05, 0) is 45.4 Å². The fourth-order valence-electron chi connectivity index (χ4n) is 3.02. The molecule has 0 aromatic carbocycles. The SMILES string of the molecule is CCCCCCCC/C=C/CCCCC1N=CCN1C(C)N. The average molecular weight is 308 g/mol. The highest BCUT2D eigenvalue weighted by Crippen LogP contribution is 2.16. The minimum atomic E-state index is 0.115. The van der Waals surface area contributed by atoms with E-state index < -0.39 is 0 Å². The number of aliphatic imine (C=N–C) groups is 1. The molecule has 0 fully saturated rings. The normalized spacial score (nSPS) is 20.2.